The summed E-state index contributed by atoms with van der Waals surface area (Å²) in [6.07, 6.45) is -0.0220. The van der Waals surface area contributed by atoms with Crippen molar-refractivity contribution in [3.05, 3.63) is 24.0 Å². The number of benzene rings is 1. The van der Waals surface area contributed by atoms with Crippen LogP contribution in [0.5, 0.6) is 11.5 Å². The molecule has 0 aliphatic rings. The number of ether oxygens (including phenoxy) is 1. The standard InChI is InChI=1S/C9H11FO2/c1-6(2)12-9-4-7(10)3-8(11)5-9/h3-6,11H,1-2H3. The van der Waals surface area contributed by atoms with Crippen molar-refractivity contribution in [3.8, 4) is 11.5 Å². The largest absolute Gasteiger partial charge is 0.508 e. The van der Waals surface area contributed by atoms with E-state index in [0.717, 1.165) is 6.07 Å². The van der Waals surface area contributed by atoms with Gasteiger partial charge in [-0.3, -0.25) is 0 Å². The predicted molar refractivity (Wildman–Crippen MR) is 43.8 cm³/mol. The summed E-state index contributed by atoms with van der Waals surface area (Å²) in [5.74, 6) is -0.265. The average Bonchev–Trinajstić information content (AvgIpc) is 1.81. The van der Waals surface area contributed by atoms with E-state index >= 15 is 0 Å². The van der Waals surface area contributed by atoms with E-state index in [1.807, 2.05) is 13.8 Å². The topological polar surface area (TPSA) is 29.5 Å². The maximum Gasteiger partial charge on any atom is 0.130 e. The molecule has 1 N–H and O–H groups in total. The number of hydrogen-bond acceptors (Lipinski definition) is 2. The Kier molecular flexibility index (Phi) is 2.53. The van der Waals surface area contributed by atoms with Crippen molar-refractivity contribution in [2.45, 2.75) is 20.0 Å². The summed E-state index contributed by atoms with van der Waals surface area (Å²) in [7, 11) is 0. The van der Waals surface area contributed by atoms with Gasteiger partial charge in [-0.1, -0.05) is 0 Å². The highest BCUT2D eigenvalue weighted by atomic mass is 19.1. The summed E-state index contributed by atoms with van der Waals surface area (Å²) in [5.41, 5.74) is 0. The van der Waals surface area contributed by atoms with Crippen molar-refractivity contribution in [1.82, 2.24) is 0 Å². The van der Waals surface area contributed by atoms with Crippen molar-refractivity contribution in [1.29, 1.82) is 0 Å². The third-order valence-electron chi connectivity index (χ3n) is 1.23. The van der Waals surface area contributed by atoms with Gasteiger partial charge in [-0.05, 0) is 13.8 Å². The van der Waals surface area contributed by atoms with Crippen LogP contribution in [0.25, 0.3) is 0 Å². The lowest BCUT2D eigenvalue weighted by atomic mass is 10.3. The fourth-order valence-electron chi connectivity index (χ4n) is 0.888. The van der Waals surface area contributed by atoms with Crippen LogP contribution in [0.3, 0.4) is 0 Å². The highest BCUT2D eigenvalue weighted by Gasteiger charge is 2.01. The van der Waals surface area contributed by atoms with E-state index in [2.05, 4.69) is 0 Å². The van der Waals surface area contributed by atoms with E-state index in [1.54, 1.807) is 0 Å². The summed E-state index contributed by atoms with van der Waals surface area (Å²) in [6.45, 7) is 3.67. The first-order valence-corrected chi connectivity index (χ1v) is 3.74. The predicted octanol–water partition coefficient (Wildman–Crippen LogP) is 2.32. The van der Waals surface area contributed by atoms with Crippen LogP contribution in [0.15, 0.2) is 18.2 Å². The number of halogens is 1. The second-order valence-electron chi connectivity index (χ2n) is 2.81. The van der Waals surface area contributed by atoms with Crippen molar-refractivity contribution >= 4 is 0 Å². The summed E-state index contributed by atoms with van der Waals surface area (Å²) in [6, 6.07) is 3.65. The van der Waals surface area contributed by atoms with Crippen molar-refractivity contribution in [2.75, 3.05) is 0 Å². The second kappa shape index (κ2) is 3.43. The van der Waals surface area contributed by atoms with Crippen molar-refractivity contribution < 1.29 is 14.2 Å². The molecule has 3 heteroatoms. The van der Waals surface area contributed by atoms with Crippen LogP contribution in [0.2, 0.25) is 0 Å². The summed E-state index contributed by atoms with van der Waals surface area (Å²) in [5, 5.41) is 8.99. The minimum Gasteiger partial charge on any atom is -0.508 e. The second-order valence-corrected chi connectivity index (χ2v) is 2.81. The van der Waals surface area contributed by atoms with Gasteiger partial charge in [0.05, 0.1) is 6.10 Å². The SMILES string of the molecule is CC(C)Oc1cc(O)cc(F)c1. The Morgan fingerprint density at radius 3 is 2.50 bits per heavy atom. The molecule has 0 bridgehead atoms. The van der Waals surface area contributed by atoms with Crippen molar-refractivity contribution in [2.24, 2.45) is 0 Å². The van der Waals surface area contributed by atoms with Gasteiger partial charge in [0, 0.05) is 18.2 Å². The zero-order valence-corrected chi connectivity index (χ0v) is 7.04. The molecule has 0 saturated carbocycles. The summed E-state index contributed by atoms with van der Waals surface area (Å²) < 4.78 is 17.8. The van der Waals surface area contributed by atoms with Gasteiger partial charge in [0.25, 0.3) is 0 Å². The molecule has 0 aliphatic heterocycles. The molecule has 1 aromatic rings. The molecule has 2 nitrogen and oxygen atoms in total. The fraction of sp³-hybridized carbons (Fsp3) is 0.333. The maximum absolute atomic E-state index is 12.6. The van der Waals surface area contributed by atoms with Gasteiger partial charge >= 0.3 is 0 Å². The monoisotopic (exact) mass is 170 g/mol. The minimum absolute atomic E-state index is 0.0220. The maximum atomic E-state index is 12.6. The third-order valence-corrected chi connectivity index (χ3v) is 1.23. The van der Waals surface area contributed by atoms with Gasteiger partial charge < -0.3 is 9.84 Å². The molecule has 0 aliphatic carbocycles. The lowest BCUT2D eigenvalue weighted by molar-refractivity contribution is 0.240. The molecule has 0 saturated heterocycles. The Morgan fingerprint density at radius 2 is 2.00 bits per heavy atom. The van der Waals surface area contributed by atoms with Gasteiger partial charge in [0.2, 0.25) is 0 Å². The molecule has 0 unspecified atom stereocenters. The zero-order chi connectivity index (χ0) is 9.14. The Morgan fingerprint density at radius 1 is 1.33 bits per heavy atom. The number of hydrogen-bond donors (Lipinski definition) is 1. The van der Waals surface area contributed by atoms with Gasteiger partial charge in [-0.15, -0.1) is 0 Å². The molecule has 0 fully saturated rings. The molecule has 1 aromatic carbocycles. The van der Waals surface area contributed by atoms with Gasteiger partial charge in [-0.2, -0.15) is 0 Å². The van der Waals surface area contributed by atoms with Crippen molar-refractivity contribution in [3.63, 3.8) is 0 Å². The molecule has 12 heavy (non-hydrogen) atoms. The Bertz CT molecular complexity index is 251. The smallest absolute Gasteiger partial charge is 0.130 e. The first kappa shape index (κ1) is 8.84. The van der Waals surface area contributed by atoms with E-state index < -0.39 is 5.82 Å². The molecule has 0 spiro atoms. The molecule has 0 heterocycles. The number of aromatic hydroxyl groups is 1. The van der Waals surface area contributed by atoms with Gasteiger partial charge in [0.1, 0.15) is 17.3 Å². The normalized spacial score (nSPS) is 10.3. The quantitative estimate of drug-likeness (QED) is 0.738. The highest BCUT2D eigenvalue weighted by molar-refractivity contribution is 5.32. The first-order chi connectivity index (χ1) is 5.58. The van der Waals surface area contributed by atoms with E-state index in [0.29, 0.717) is 5.75 Å². The Balaban J connectivity index is 2.85. The van der Waals surface area contributed by atoms with E-state index in [4.69, 9.17) is 9.84 Å². The van der Waals surface area contributed by atoms with Crippen LogP contribution >= 0.6 is 0 Å². The number of phenols is 1. The zero-order valence-electron chi connectivity index (χ0n) is 7.04. The highest BCUT2D eigenvalue weighted by Crippen LogP contribution is 2.21. The van der Waals surface area contributed by atoms with Gasteiger partial charge in [-0.25, -0.2) is 4.39 Å². The average molecular weight is 170 g/mol. The molecule has 66 valence electrons. The molecule has 0 atom stereocenters. The van der Waals surface area contributed by atoms with Gasteiger partial charge in [0.15, 0.2) is 0 Å². The molecule has 0 aromatic heterocycles. The lowest BCUT2D eigenvalue weighted by Crippen LogP contribution is -2.05. The lowest BCUT2D eigenvalue weighted by Gasteiger charge is -2.09. The minimum atomic E-state index is -0.495. The van der Waals surface area contributed by atoms with Crippen LogP contribution in [0.1, 0.15) is 13.8 Å². The fourth-order valence-corrected chi connectivity index (χ4v) is 0.888. The van der Waals surface area contributed by atoms with E-state index in [9.17, 15) is 4.39 Å². The van der Waals surface area contributed by atoms with E-state index in [-0.39, 0.29) is 11.9 Å². The Hall–Kier alpha value is -1.25. The van der Waals surface area contributed by atoms with E-state index in [1.165, 1.54) is 12.1 Å². The molecule has 0 radical (unpaired) electrons. The van der Waals surface area contributed by atoms with Crippen LogP contribution in [0, 0.1) is 5.82 Å². The molecule has 1 rings (SSSR count). The number of phenolic OH excluding ortho intramolecular Hbond substituents is 1. The molecular weight excluding hydrogens is 159 g/mol. The van der Waals surface area contributed by atoms with Crippen LogP contribution in [0.4, 0.5) is 4.39 Å². The van der Waals surface area contributed by atoms with Crippen LogP contribution in [-0.4, -0.2) is 11.2 Å². The summed E-state index contributed by atoms with van der Waals surface area (Å²) in [4.78, 5) is 0. The molecular formula is C9H11FO2. The summed E-state index contributed by atoms with van der Waals surface area (Å²) >= 11 is 0. The number of rotatable bonds is 2. The van der Waals surface area contributed by atoms with Crippen LogP contribution in [-0.2, 0) is 0 Å². The third kappa shape index (κ3) is 2.42. The Labute approximate surface area is 70.6 Å². The van der Waals surface area contributed by atoms with Crippen LogP contribution < -0.4 is 4.74 Å². The molecule has 0 amide bonds. The first-order valence-electron chi connectivity index (χ1n) is 3.74.